The van der Waals surface area contributed by atoms with Crippen LogP contribution in [-0.2, 0) is 9.53 Å². The Labute approximate surface area is 151 Å². The predicted octanol–water partition coefficient (Wildman–Crippen LogP) is 2.66. The van der Waals surface area contributed by atoms with Gasteiger partial charge in [0, 0.05) is 6.07 Å². The number of methoxy groups -OCH3 is 1. The van der Waals surface area contributed by atoms with Gasteiger partial charge in [0.2, 0.25) is 0 Å². The number of benzene rings is 2. The molecule has 0 fully saturated rings. The number of nitro groups is 1. The van der Waals surface area contributed by atoms with Crippen molar-refractivity contribution in [3.8, 4) is 0 Å². The van der Waals surface area contributed by atoms with Crippen molar-refractivity contribution in [2.75, 3.05) is 17.8 Å². The number of nitrogens with zero attached hydrogens (tertiary/aromatic N) is 2. The van der Waals surface area contributed by atoms with E-state index < -0.39 is 22.7 Å². The Morgan fingerprint density at radius 3 is 2.31 bits per heavy atom. The summed E-state index contributed by atoms with van der Waals surface area (Å²) >= 11 is 0.944. The van der Waals surface area contributed by atoms with Crippen molar-refractivity contribution in [1.82, 2.24) is 0 Å². The van der Waals surface area contributed by atoms with Gasteiger partial charge in [-0.25, -0.2) is 4.90 Å². The third-order valence-corrected chi connectivity index (χ3v) is 4.80. The average Bonchev–Trinajstić information content (AvgIpc) is 2.90. The first-order valence-electron chi connectivity index (χ1n) is 7.40. The minimum atomic E-state index is -0.624. The van der Waals surface area contributed by atoms with Gasteiger partial charge in [-0.3, -0.25) is 24.5 Å². The van der Waals surface area contributed by atoms with Crippen LogP contribution in [-0.4, -0.2) is 35.6 Å². The number of imide groups is 1. The van der Waals surface area contributed by atoms with Gasteiger partial charge >= 0.3 is 5.97 Å². The van der Waals surface area contributed by atoms with Gasteiger partial charge in [0.25, 0.3) is 17.5 Å². The molecule has 0 spiro atoms. The lowest BCUT2D eigenvalue weighted by Crippen LogP contribution is -2.29. The maximum Gasteiger partial charge on any atom is 0.315 e. The number of carbonyl (C=O) groups is 3. The maximum atomic E-state index is 12.5. The molecular formula is C17H12N2O6S. The lowest BCUT2D eigenvalue weighted by molar-refractivity contribution is -0.387. The Hall–Kier alpha value is -3.20. The highest BCUT2D eigenvalue weighted by Gasteiger charge is 2.37. The molecule has 0 N–H and O–H groups in total. The van der Waals surface area contributed by atoms with E-state index in [0.29, 0.717) is 0 Å². The molecule has 26 heavy (non-hydrogen) atoms. The fourth-order valence-electron chi connectivity index (χ4n) is 2.53. The number of ether oxygens (including phenoxy) is 1. The Bertz CT molecular complexity index is 908. The third kappa shape index (κ3) is 3.04. The first kappa shape index (κ1) is 17.6. The second kappa shape index (κ2) is 6.96. The van der Waals surface area contributed by atoms with Gasteiger partial charge in [0.05, 0.1) is 39.5 Å². The van der Waals surface area contributed by atoms with Crippen LogP contribution in [0.25, 0.3) is 0 Å². The zero-order valence-electron chi connectivity index (χ0n) is 13.5. The van der Waals surface area contributed by atoms with E-state index in [1.54, 1.807) is 12.1 Å². The van der Waals surface area contributed by atoms with Crippen LogP contribution in [0.3, 0.4) is 0 Å². The minimum absolute atomic E-state index is 0.0935. The van der Waals surface area contributed by atoms with Crippen LogP contribution >= 0.6 is 11.8 Å². The van der Waals surface area contributed by atoms with Crippen LogP contribution in [0.5, 0.6) is 0 Å². The van der Waals surface area contributed by atoms with E-state index >= 15 is 0 Å². The minimum Gasteiger partial charge on any atom is -0.468 e. The number of carbonyl (C=O) groups excluding carboxylic acids is 3. The van der Waals surface area contributed by atoms with E-state index in [4.69, 9.17) is 0 Å². The molecular weight excluding hydrogens is 360 g/mol. The molecule has 2 aromatic rings. The first-order chi connectivity index (χ1) is 12.4. The molecule has 0 saturated heterocycles. The van der Waals surface area contributed by atoms with Crippen LogP contribution in [0.4, 0.5) is 11.4 Å². The van der Waals surface area contributed by atoms with Crippen molar-refractivity contribution >= 4 is 40.9 Å². The van der Waals surface area contributed by atoms with Gasteiger partial charge < -0.3 is 4.74 Å². The second-order valence-electron chi connectivity index (χ2n) is 5.27. The predicted molar refractivity (Wildman–Crippen MR) is 93.4 cm³/mol. The molecule has 1 heterocycles. The Morgan fingerprint density at radius 1 is 1.15 bits per heavy atom. The van der Waals surface area contributed by atoms with Crippen molar-refractivity contribution in [2.24, 2.45) is 0 Å². The van der Waals surface area contributed by atoms with E-state index in [0.717, 1.165) is 22.7 Å². The Kier molecular flexibility index (Phi) is 4.72. The van der Waals surface area contributed by atoms with Gasteiger partial charge in [0.1, 0.15) is 0 Å². The molecule has 0 radical (unpaired) electrons. The van der Waals surface area contributed by atoms with Gasteiger partial charge in [-0.05, 0) is 24.3 Å². The SMILES string of the molecule is COC(=O)CSc1ccc(N2C(=O)c3ccccc3C2=O)cc1[N+](=O)[O-]. The van der Waals surface area contributed by atoms with Crippen molar-refractivity contribution in [3.63, 3.8) is 0 Å². The van der Waals surface area contributed by atoms with E-state index in [1.807, 2.05) is 0 Å². The van der Waals surface area contributed by atoms with Gasteiger partial charge in [-0.1, -0.05) is 12.1 Å². The lowest BCUT2D eigenvalue weighted by atomic mass is 10.1. The zero-order chi connectivity index (χ0) is 18.8. The highest BCUT2D eigenvalue weighted by atomic mass is 32.2. The average molecular weight is 372 g/mol. The van der Waals surface area contributed by atoms with Crippen molar-refractivity contribution in [2.45, 2.75) is 4.90 Å². The number of thioether (sulfide) groups is 1. The second-order valence-corrected chi connectivity index (χ2v) is 6.28. The van der Waals surface area contributed by atoms with E-state index in [2.05, 4.69) is 4.74 Å². The smallest absolute Gasteiger partial charge is 0.315 e. The summed E-state index contributed by atoms with van der Waals surface area (Å²) < 4.78 is 4.51. The molecule has 8 nitrogen and oxygen atoms in total. The molecule has 0 unspecified atom stereocenters. The molecule has 0 bridgehead atoms. The number of fused-ring (bicyclic) bond motifs is 1. The summed E-state index contributed by atoms with van der Waals surface area (Å²) in [6.07, 6.45) is 0. The summed E-state index contributed by atoms with van der Waals surface area (Å²) in [4.78, 5) is 48.1. The highest BCUT2D eigenvalue weighted by molar-refractivity contribution is 8.00. The fraction of sp³-hybridized carbons (Fsp3) is 0.118. The number of esters is 1. The van der Waals surface area contributed by atoms with Crippen molar-refractivity contribution < 1.29 is 24.0 Å². The van der Waals surface area contributed by atoms with Crippen LogP contribution in [0.15, 0.2) is 47.4 Å². The zero-order valence-corrected chi connectivity index (χ0v) is 14.3. The number of anilines is 1. The third-order valence-electron chi connectivity index (χ3n) is 3.76. The van der Waals surface area contributed by atoms with Gasteiger partial charge in [-0.15, -0.1) is 11.8 Å². The summed E-state index contributed by atoms with van der Waals surface area (Å²) in [6, 6.07) is 10.3. The summed E-state index contributed by atoms with van der Waals surface area (Å²) in [5.41, 5.74) is 0.312. The quantitative estimate of drug-likeness (QED) is 0.261. The van der Waals surface area contributed by atoms with E-state index in [-0.39, 0.29) is 33.2 Å². The Balaban J connectivity index is 1.96. The van der Waals surface area contributed by atoms with Crippen molar-refractivity contribution in [3.05, 3.63) is 63.7 Å². The van der Waals surface area contributed by atoms with E-state index in [9.17, 15) is 24.5 Å². The fourth-order valence-corrected chi connectivity index (χ4v) is 3.37. The number of nitro benzene ring substituents is 1. The molecule has 1 aliphatic rings. The van der Waals surface area contributed by atoms with Gasteiger partial charge in [0.15, 0.2) is 0 Å². The molecule has 0 atom stereocenters. The Morgan fingerprint density at radius 2 is 1.77 bits per heavy atom. The normalized spacial score (nSPS) is 12.9. The highest BCUT2D eigenvalue weighted by Crippen LogP contribution is 2.35. The summed E-state index contributed by atoms with van der Waals surface area (Å²) in [5.74, 6) is -1.68. The first-order valence-corrected chi connectivity index (χ1v) is 8.38. The number of hydrogen-bond acceptors (Lipinski definition) is 7. The molecule has 9 heteroatoms. The number of hydrogen-bond donors (Lipinski definition) is 0. The van der Waals surface area contributed by atoms with Crippen LogP contribution in [0, 0.1) is 10.1 Å². The van der Waals surface area contributed by atoms with Crippen LogP contribution in [0.1, 0.15) is 20.7 Å². The summed E-state index contributed by atoms with van der Waals surface area (Å²) in [6.45, 7) is 0. The number of rotatable bonds is 5. The molecule has 0 saturated carbocycles. The summed E-state index contributed by atoms with van der Waals surface area (Å²) in [5, 5.41) is 11.4. The van der Waals surface area contributed by atoms with Gasteiger partial charge in [-0.2, -0.15) is 0 Å². The molecule has 0 aliphatic carbocycles. The topological polar surface area (TPSA) is 107 Å². The molecule has 2 aromatic carbocycles. The van der Waals surface area contributed by atoms with E-state index in [1.165, 1.54) is 31.4 Å². The maximum absolute atomic E-state index is 12.5. The lowest BCUT2D eigenvalue weighted by Gasteiger charge is -2.14. The number of amides is 2. The molecule has 0 aromatic heterocycles. The molecule has 2 amide bonds. The summed E-state index contributed by atoms with van der Waals surface area (Å²) in [7, 11) is 1.22. The molecule has 1 aliphatic heterocycles. The molecule has 3 rings (SSSR count). The van der Waals surface area contributed by atoms with Crippen molar-refractivity contribution in [1.29, 1.82) is 0 Å². The standard InChI is InChI=1S/C17H12N2O6S/c1-25-15(20)9-26-14-7-6-10(8-13(14)19(23)24)18-16(21)11-4-2-3-5-12(11)17(18)22/h2-8H,9H2,1H3. The molecule has 132 valence electrons. The van der Waals surface area contributed by atoms with Crippen LogP contribution in [0.2, 0.25) is 0 Å². The monoisotopic (exact) mass is 372 g/mol. The largest absolute Gasteiger partial charge is 0.468 e. The van der Waals surface area contributed by atoms with Crippen LogP contribution < -0.4 is 4.90 Å².